The summed E-state index contributed by atoms with van der Waals surface area (Å²) in [5.41, 5.74) is 0.446. The number of nitrogens with one attached hydrogen (secondary N) is 1. The van der Waals surface area contributed by atoms with Crippen LogP contribution in [0.15, 0.2) is 12.1 Å². The number of likely N-dealkylation sites (tertiary alicyclic amines) is 1. The van der Waals surface area contributed by atoms with E-state index in [0.717, 1.165) is 25.6 Å². The molecule has 1 atom stereocenters. The van der Waals surface area contributed by atoms with Gasteiger partial charge in [-0.3, -0.25) is 4.79 Å². The van der Waals surface area contributed by atoms with E-state index in [-0.39, 0.29) is 5.91 Å². The van der Waals surface area contributed by atoms with Gasteiger partial charge in [0.2, 0.25) is 0 Å². The van der Waals surface area contributed by atoms with E-state index in [2.05, 4.69) is 17.1 Å². The van der Waals surface area contributed by atoms with Gasteiger partial charge in [-0.25, -0.2) is 0 Å². The maximum atomic E-state index is 12.5. The predicted molar refractivity (Wildman–Crippen MR) is 93.3 cm³/mol. The predicted octanol–water partition coefficient (Wildman–Crippen LogP) is 2.17. The van der Waals surface area contributed by atoms with E-state index >= 15 is 0 Å². The highest BCUT2D eigenvalue weighted by Gasteiger charge is 2.19. The average Bonchev–Trinajstić information content (AvgIpc) is 2.60. The Hall–Kier alpha value is -1.95. The Morgan fingerprint density at radius 2 is 1.83 bits per heavy atom. The molecule has 6 nitrogen and oxygen atoms in total. The number of methoxy groups -OCH3 is 3. The Balaban J connectivity index is 1.98. The fourth-order valence-corrected chi connectivity index (χ4v) is 3.12. The Bertz CT molecular complexity index is 562. The number of benzene rings is 1. The molecule has 1 aliphatic rings. The molecular formula is C18H28N2O4. The van der Waals surface area contributed by atoms with Gasteiger partial charge in [-0.15, -0.1) is 0 Å². The normalized spacial score (nSPS) is 18.1. The van der Waals surface area contributed by atoms with Gasteiger partial charge >= 0.3 is 0 Å². The van der Waals surface area contributed by atoms with Crippen LogP contribution in [0.25, 0.3) is 0 Å². The summed E-state index contributed by atoms with van der Waals surface area (Å²) in [6, 6.07) is 3.32. The summed E-state index contributed by atoms with van der Waals surface area (Å²) in [6.07, 6.45) is 2.53. The van der Waals surface area contributed by atoms with Crippen molar-refractivity contribution < 1.29 is 19.0 Å². The highest BCUT2D eigenvalue weighted by Crippen LogP contribution is 2.34. The van der Waals surface area contributed by atoms with E-state index in [9.17, 15) is 4.79 Å². The molecule has 1 aliphatic heterocycles. The molecule has 0 saturated carbocycles. The van der Waals surface area contributed by atoms with Crippen LogP contribution in [-0.2, 0) is 0 Å². The minimum Gasteiger partial charge on any atom is -0.496 e. The van der Waals surface area contributed by atoms with Gasteiger partial charge in [0.25, 0.3) is 5.91 Å². The van der Waals surface area contributed by atoms with Crippen LogP contribution in [0.3, 0.4) is 0 Å². The van der Waals surface area contributed by atoms with Crippen LogP contribution in [0.4, 0.5) is 0 Å². The fourth-order valence-electron chi connectivity index (χ4n) is 3.12. The van der Waals surface area contributed by atoms with Gasteiger partial charge in [0.15, 0.2) is 11.5 Å². The zero-order valence-corrected chi connectivity index (χ0v) is 15.1. The number of nitrogens with zero attached hydrogens (tertiary/aromatic N) is 1. The summed E-state index contributed by atoms with van der Waals surface area (Å²) < 4.78 is 15.8. The molecule has 6 heteroatoms. The molecule has 1 saturated heterocycles. The first kappa shape index (κ1) is 18.4. The third kappa shape index (κ3) is 4.54. The smallest absolute Gasteiger partial charge is 0.255 e. The van der Waals surface area contributed by atoms with Crippen LogP contribution < -0.4 is 19.5 Å². The van der Waals surface area contributed by atoms with E-state index in [0.29, 0.717) is 29.4 Å². The quantitative estimate of drug-likeness (QED) is 0.827. The second kappa shape index (κ2) is 8.78. The van der Waals surface area contributed by atoms with Crippen LogP contribution >= 0.6 is 0 Å². The standard InChI is InChI=1S/C18H28N2O4/c1-13-6-5-8-20(12-13)9-7-19-18(21)14-10-16(23-3)17(24-4)11-15(14)22-2/h10-11,13H,5-9,12H2,1-4H3,(H,19,21). The number of hydrogen-bond acceptors (Lipinski definition) is 5. The third-order valence-electron chi connectivity index (χ3n) is 4.41. The zero-order valence-electron chi connectivity index (χ0n) is 15.1. The van der Waals surface area contributed by atoms with Gasteiger partial charge in [-0.2, -0.15) is 0 Å². The first-order valence-corrected chi connectivity index (χ1v) is 8.39. The van der Waals surface area contributed by atoms with Crippen LogP contribution in [0.2, 0.25) is 0 Å². The highest BCUT2D eigenvalue weighted by atomic mass is 16.5. The average molecular weight is 336 g/mol. The van der Waals surface area contributed by atoms with E-state index in [4.69, 9.17) is 14.2 Å². The molecule has 0 radical (unpaired) electrons. The van der Waals surface area contributed by atoms with Gasteiger partial charge < -0.3 is 24.4 Å². The minimum atomic E-state index is -0.169. The third-order valence-corrected chi connectivity index (χ3v) is 4.41. The maximum Gasteiger partial charge on any atom is 0.255 e. The summed E-state index contributed by atoms with van der Waals surface area (Å²) in [5.74, 6) is 2.08. The first-order chi connectivity index (χ1) is 11.6. The van der Waals surface area contributed by atoms with Crippen molar-refractivity contribution in [1.29, 1.82) is 0 Å². The lowest BCUT2D eigenvalue weighted by Crippen LogP contribution is -2.40. The molecule has 1 aromatic carbocycles. The van der Waals surface area contributed by atoms with Gasteiger partial charge in [0.05, 0.1) is 26.9 Å². The van der Waals surface area contributed by atoms with Crippen molar-refractivity contribution in [2.75, 3.05) is 47.5 Å². The van der Waals surface area contributed by atoms with Crippen molar-refractivity contribution in [3.63, 3.8) is 0 Å². The molecular weight excluding hydrogens is 308 g/mol. The molecule has 0 aromatic heterocycles. The Kier molecular flexibility index (Phi) is 6.73. The summed E-state index contributed by atoms with van der Waals surface area (Å²) >= 11 is 0. The lowest BCUT2D eigenvalue weighted by Gasteiger charge is -2.30. The lowest BCUT2D eigenvalue weighted by atomic mass is 10.0. The van der Waals surface area contributed by atoms with E-state index in [1.807, 2.05) is 0 Å². The van der Waals surface area contributed by atoms with Crippen molar-refractivity contribution in [3.05, 3.63) is 17.7 Å². The minimum absolute atomic E-state index is 0.169. The zero-order chi connectivity index (χ0) is 17.5. The second-order valence-corrected chi connectivity index (χ2v) is 6.21. The second-order valence-electron chi connectivity index (χ2n) is 6.21. The van der Waals surface area contributed by atoms with Crippen molar-refractivity contribution in [2.24, 2.45) is 5.92 Å². The molecule has 0 aliphatic carbocycles. The van der Waals surface area contributed by atoms with Crippen LogP contribution in [-0.4, -0.2) is 58.3 Å². The molecule has 1 amide bonds. The lowest BCUT2D eigenvalue weighted by molar-refractivity contribution is 0.0940. The largest absolute Gasteiger partial charge is 0.496 e. The highest BCUT2D eigenvalue weighted by molar-refractivity contribution is 5.97. The molecule has 1 heterocycles. The number of carbonyl (C=O) groups excluding carboxylic acids is 1. The summed E-state index contributed by atoms with van der Waals surface area (Å²) in [7, 11) is 4.63. The maximum absolute atomic E-state index is 12.5. The summed E-state index contributed by atoms with van der Waals surface area (Å²) in [5, 5.41) is 2.97. The van der Waals surface area contributed by atoms with Crippen molar-refractivity contribution >= 4 is 5.91 Å². The van der Waals surface area contributed by atoms with Crippen LogP contribution in [0, 0.1) is 5.92 Å². The molecule has 0 bridgehead atoms. The molecule has 0 spiro atoms. The van der Waals surface area contributed by atoms with Crippen LogP contribution in [0.1, 0.15) is 30.1 Å². The van der Waals surface area contributed by atoms with Gasteiger partial charge in [-0.05, 0) is 25.3 Å². The molecule has 1 aromatic rings. The van der Waals surface area contributed by atoms with Gasteiger partial charge in [0.1, 0.15) is 5.75 Å². The first-order valence-electron chi connectivity index (χ1n) is 8.39. The SMILES string of the molecule is COc1cc(OC)c(C(=O)NCCN2CCCC(C)C2)cc1OC. The van der Waals surface area contributed by atoms with Crippen molar-refractivity contribution in [1.82, 2.24) is 10.2 Å². The fraction of sp³-hybridized carbons (Fsp3) is 0.611. The van der Waals surface area contributed by atoms with E-state index in [1.54, 1.807) is 26.4 Å². The number of piperidine rings is 1. The molecule has 1 fully saturated rings. The van der Waals surface area contributed by atoms with Crippen LogP contribution in [0.5, 0.6) is 17.2 Å². The number of hydrogen-bond donors (Lipinski definition) is 1. The monoisotopic (exact) mass is 336 g/mol. The molecule has 2 rings (SSSR count). The topological polar surface area (TPSA) is 60.0 Å². The molecule has 1 N–H and O–H groups in total. The van der Waals surface area contributed by atoms with Gasteiger partial charge in [-0.1, -0.05) is 6.92 Å². The van der Waals surface area contributed by atoms with E-state index < -0.39 is 0 Å². The Labute approximate surface area is 144 Å². The Morgan fingerprint density at radius 1 is 1.17 bits per heavy atom. The molecule has 134 valence electrons. The Morgan fingerprint density at radius 3 is 2.46 bits per heavy atom. The van der Waals surface area contributed by atoms with Crippen molar-refractivity contribution in [2.45, 2.75) is 19.8 Å². The number of amides is 1. The number of rotatable bonds is 7. The summed E-state index contributed by atoms with van der Waals surface area (Å²) in [4.78, 5) is 14.9. The number of ether oxygens (including phenoxy) is 3. The molecule has 24 heavy (non-hydrogen) atoms. The summed E-state index contributed by atoms with van der Waals surface area (Å²) in [6.45, 7) is 5.98. The number of carbonyl (C=O) groups is 1. The van der Waals surface area contributed by atoms with E-state index in [1.165, 1.54) is 20.0 Å². The molecule has 1 unspecified atom stereocenters. The van der Waals surface area contributed by atoms with Crippen molar-refractivity contribution in [3.8, 4) is 17.2 Å². The van der Waals surface area contributed by atoms with Gasteiger partial charge in [0, 0.05) is 31.8 Å².